The average Bonchev–Trinajstić information content (AvgIpc) is 2.77. The van der Waals surface area contributed by atoms with Crippen LogP contribution >= 0.6 is 11.6 Å². The van der Waals surface area contributed by atoms with E-state index in [-0.39, 0.29) is 17.8 Å². The largest absolute Gasteiger partial charge is 0.349 e. The lowest BCUT2D eigenvalue weighted by Crippen LogP contribution is -2.41. The molecular formula is C25H26ClFN2O. The van der Waals surface area contributed by atoms with Crippen molar-refractivity contribution in [1.29, 1.82) is 0 Å². The smallest absolute Gasteiger partial charge is 0.251 e. The van der Waals surface area contributed by atoms with E-state index in [9.17, 15) is 9.18 Å². The van der Waals surface area contributed by atoms with Crippen molar-refractivity contribution in [3.8, 4) is 0 Å². The topological polar surface area (TPSA) is 42.0 Å². The summed E-state index contributed by atoms with van der Waals surface area (Å²) in [7, 11) is 0. The molecule has 1 aliphatic rings. The van der Waals surface area contributed by atoms with Crippen LogP contribution in [0.2, 0.25) is 5.02 Å². The SMILES string of the molecule is CC[C@@H](NC(=O)c1ccc(Cl)cc1)[C@H]1CC[C@H](c2ccnc3ccc(F)cc32)CC1. The number of carbonyl (C=O) groups excluding carboxylic acids is 1. The Balaban J connectivity index is 1.43. The van der Waals surface area contributed by atoms with Gasteiger partial charge in [-0.05, 0) is 98.0 Å². The molecule has 2 aromatic carbocycles. The maximum atomic E-state index is 13.8. The zero-order valence-electron chi connectivity index (χ0n) is 17.1. The molecule has 0 spiro atoms. The highest BCUT2D eigenvalue weighted by Gasteiger charge is 2.29. The van der Waals surface area contributed by atoms with Crippen LogP contribution in [0.25, 0.3) is 10.9 Å². The molecule has 0 bridgehead atoms. The predicted octanol–water partition coefficient (Wildman–Crippen LogP) is 6.51. The van der Waals surface area contributed by atoms with Crippen molar-refractivity contribution in [1.82, 2.24) is 10.3 Å². The Hall–Kier alpha value is -2.46. The van der Waals surface area contributed by atoms with Crippen molar-refractivity contribution in [2.24, 2.45) is 5.92 Å². The lowest BCUT2D eigenvalue weighted by Gasteiger charge is -2.34. The fourth-order valence-electron chi connectivity index (χ4n) is 4.73. The van der Waals surface area contributed by atoms with Gasteiger partial charge in [-0.3, -0.25) is 9.78 Å². The first-order valence-electron chi connectivity index (χ1n) is 10.7. The molecule has 1 N–H and O–H groups in total. The van der Waals surface area contributed by atoms with Crippen LogP contribution in [0, 0.1) is 11.7 Å². The van der Waals surface area contributed by atoms with Crippen LogP contribution in [0.15, 0.2) is 54.7 Å². The number of carbonyl (C=O) groups is 1. The van der Waals surface area contributed by atoms with Crippen molar-refractivity contribution in [3.05, 3.63) is 76.7 Å². The highest BCUT2D eigenvalue weighted by Crippen LogP contribution is 2.39. The van der Waals surface area contributed by atoms with Gasteiger partial charge in [-0.15, -0.1) is 0 Å². The van der Waals surface area contributed by atoms with E-state index < -0.39 is 0 Å². The third-order valence-electron chi connectivity index (χ3n) is 6.38. The predicted molar refractivity (Wildman–Crippen MR) is 119 cm³/mol. The van der Waals surface area contributed by atoms with Gasteiger partial charge in [-0.25, -0.2) is 4.39 Å². The van der Waals surface area contributed by atoms with Crippen LogP contribution in [-0.2, 0) is 0 Å². The number of rotatable bonds is 5. The molecule has 4 rings (SSSR count). The highest BCUT2D eigenvalue weighted by atomic mass is 35.5. The van der Waals surface area contributed by atoms with Crippen molar-refractivity contribution >= 4 is 28.4 Å². The van der Waals surface area contributed by atoms with Gasteiger partial charge in [0.25, 0.3) is 5.91 Å². The fraction of sp³-hybridized carbons (Fsp3) is 0.360. The Morgan fingerprint density at radius 1 is 1.13 bits per heavy atom. The van der Waals surface area contributed by atoms with Crippen LogP contribution < -0.4 is 5.32 Å². The van der Waals surface area contributed by atoms with Gasteiger partial charge >= 0.3 is 0 Å². The molecule has 1 fully saturated rings. The van der Waals surface area contributed by atoms with Crippen molar-refractivity contribution in [2.45, 2.75) is 51.0 Å². The van der Waals surface area contributed by atoms with E-state index in [1.807, 2.05) is 12.3 Å². The molecule has 0 aliphatic heterocycles. The summed E-state index contributed by atoms with van der Waals surface area (Å²) in [5.74, 6) is 0.586. The molecule has 0 saturated heterocycles. The van der Waals surface area contributed by atoms with E-state index in [1.54, 1.807) is 36.4 Å². The Labute approximate surface area is 181 Å². The Kier molecular flexibility index (Phi) is 6.33. The molecule has 3 nitrogen and oxygen atoms in total. The van der Waals surface area contributed by atoms with E-state index in [1.165, 1.54) is 11.6 Å². The summed E-state index contributed by atoms with van der Waals surface area (Å²) in [5, 5.41) is 4.77. The van der Waals surface area contributed by atoms with Crippen LogP contribution in [0.4, 0.5) is 4.39 Å². The molecule has 1 saturated carbocycles. The number of benzene rings is 2. The van der Waals surface area contributed by atoms with Crippen molar-refractivity contribution in [2.75, 3.05) is 0 Å². The number of nitrogens with one attached hydrogen (secondary N) is 1. The van der Waals surface area contributed by atoms with Crippen LogP contribution in [0.5, 0.6) is 0 Å². The van der Waals surface area contributed by atoms with Crippen molar-refractivity contribution < 1.29 is 9.18 Å². The minimum Gasteiger partial charge on any atom is -0.349 e. The number of hydrogen-bond donors (Lipinski definition) is 1. The van der Waals surface area contributed by atoms with Gasteiger partial charge in [0.1, 0.15) is 5.82 Å². The monoisotopic (exact) mass is 424 g/mol. The first kappa shape index (κ1) is 20.8. The number of amides is 1. The third kappa shape index (κ3) is 4.49. The Morgan fingerprint density at radius 2 is 1.87 bits per heavy atom. The van der Waals surface area contributed by atoms with E-state index in [0.717, 1.165) is 43.0 Å². The zero-order chi connectivity index (χ0) is 21.1. The second-order valence-electron chi connectivity index (χ2n) is 8.17. The first-order valence-corrected chi connectivity index (χ1v) is 11.0. The van der Waals surface area contributed by atoms with Gasteiger partial charge in [0.05, 0.1) is 5.52 Å². The van der Waals surface area contributed by atoms with E-state index in [0.29, 0.717) is 22.4 Å². The quantitative estimate of drug-likeness (QED) is 0.507. The van der Waals surface area contributed by atoms with E-state index >= 15 is 0 Å². The molecule has 1 heterocycles. The van der Waals surface area contributed by atoms with Gasteiger partial charge in [-0.1, -0.05) is 18.5 Å². The number of aromatic nitrogens is 1. The molecule has 1 atom stereocenters. The maximum Gasteiger partial charge on any atom is 0.251 e. The van der Waals surface area contributed by atoms with Crippen LogP contribution in [-0.4, -0.2) is 16.9 Å². The Bertz CT molecular complexity index is 1030. The lowest BCUT2D eigenvalue weighted by atomic mass is 9.75. The summed E-state index contributed by atoms with van der Waals surface area (Å²) in [5.41, 5.74) is 2.67. The highest BCUT2D eigenvalue weighted by molar-refractivity contribution is 6.30. The molecule has 5 heteroatoms. The fourth-order valence-corrected chi connectivity index (χ4v) is 4.86. The molecule has 30 heavy (non-hydrogen) atoms. The molecule has 0 unspecified atom stereocenters. The summed E-state index contributed by atoms with van der Waals surface area (Å²) in [6.07, 6.45) is 6.88. The number of fused-ring (bicyclic) bond motifs is 1. The second kappa shape index (κ2) is 9.13. The number of nitrogens with zero attached hydrogens (tertiary/aromatic N) is 1. The lowest BCUT2D eigenvalue weighted by molar-refractivity contribution is 0.0909. The van der Waals surface area contributed by atoms with Gasteiger partial charge in [-0.2, -0.15) is 0 Å². The number of pyridine rings is 1. The van der Waals surface area contributed by atoms with Gasteiger partial charge < -0.3 is 5.32 Å². The first-order chi connectivity index (χ1) is 14.5. The minimum atomic E-state index is -0.221. The molecular weight excluding hydrogens is 399 g/mol. The number of hydrogen-bond acceptors (Lipinski definition) is 2. The molecule has 1 amide bonds. The summed E-state index contributed by atoms with van der Waals surface area (Å²) < 4.78 is 13.8. The molecule has 0 radical (unpaired) electrons. The zero-order valence-corrected chi connectivity index (χ0v) is 17.8. The van der Waals surface area contributed by atoms with Gasteiger partial charge in [0.2, 0.25) is 0 Å². The summed E-state index contributed by atoms with van der Waals surface area (Å²) >= 11 is 5.92. The average molecular weight is 425 g/mol. The standard InChI is InChI=1S/C25H26ClFN2O/c1-2-23(29-25(30)18-7-9-19(26)10-8-18)17-5-3-16(4-6-17)21-13-14-28-24-12-11-20(27)15-22(21)24/h7-17,23H,2-6H2,1H3,(H,29,30)/t16-,17-,23-/m1/s1. The minimum absolute atomic E-state index is 0.0451. The van der Waals surface area contributed by atoms with Gasteiger partial charge in [0, 0.05) is 28.2 Å². The Morgan fingerprint density at radius 3 is 2.57 bits per heavy atom. The molecule has 156 valence electrons. The van der Waals surface area contributed by atoms with E-state index in [2.05, 4.69) is 17.2 Å². The number of halogens is 2. The summed E-state index contributed by atoms with van der Waals surface area (Å²) in [6, 6.07) is 14.0. The molecule has 1 aromatic heterocycles. The second-order valence-corrected chi connectivity index (χ2v) is 8.60. The third-order valence-corrected chi connectivity index (χ3v) is 6.63. The summed E-state index contributed by atoms with van der Waals surface area (Å²) in [4.78, 5) is 17.0. The van der Waals surface area contributed by atoms with Crippen LogP contribution in [0.1, 0.15) is 60.9 Å². The maximum absolute atomic E-state index is 13.8. The van der Waals surface area contributed by atoms with E-state index in [4.69, 9.17) is 11.6 Å². The van der Waals surface area contributed by atoms with Gasteiger partial charge in [0.15, 0.2) is 0 Å². The molecule has 1 aliphatic carbocycles. The molecule has 3 aromatic rings. The summed E-state index contributed by atoms with van der Waals surface area (Å²) in [6.45, 7) is 2.12. The van der Waals surface area contributed by atoms with Crippen molar-refractivity contribution in [3.63, 3.8) is 0 Å². The van der Waals surface area contributed by atoms with Crippen LogP contribution in [0.3, 0.4) is 0 Å². The normalized spacial score (nSPS) is 20.1.